The third-order valence-electron chi connectivity index (χ3n) is 24.8. The summed E-state index contributed by atoms with van der Waals surface area (Å²) in [4.78, 5) is 157. The lowest BCUT2D eigenvalue weighted by Crippen LogP contribution is -2.65. The summed E-state index contributed by atoms with van der Waals surface area (Å²) in [5.74, 6) is -7.98. The molecule has 28 nitrogen and oxygen atoms in total. The van der Waals surface area contributed by atoms with E-state index in [9.17, 15) is 72.9 Å². The van der Waals surface area contributed by atoms with Gasteiger partial charge in [-0.1, -0.05) is 91.0 Å². The number of rotatable bonds is 33. The second-order valence-electron chi connectivity index (χ2n) is 33.6. The van der Waals surface area contributed by atoms with Gasteiger partial charge in [-0.05, 0) is 176 Å². The van der Waals surface area contributed by atoms with Crippen molar-refractivity contribution in [1.82, 2.24) is 10.6 Å². The van der Waals surface area contributed by atoms with E-state index in [0.29, 0.717) is 116 Å². The Labute approximate surface area is 668 Å². The maximum atomic E-state index is 14.2. The van der Waals surface area contributed by atoms with E-state index < -0.39 is 134 Å². The molecule has 28 heteroatoms. The van der Waals surface area contributed by atoms with Crippen LogP contribution in [0.3, 0.4) is 0 Å². The van der Waals surface area contributed by atoms with Crippen LogP contribution in [-0.2, 0) is 19.8 Å². The predicted molar refractivity (Wildman–Crippen MR) is 419 cm³/mol. The van der Waals surface area contributed by atoms with Gasteiger partial charge in [-0.2, -0.15) is 0 Å². The molecular weight excluding hydrogens is 1510 g/mol. The van der Waals surface area contributed by atoms with Crippen LogP contribution in [0.15, 0.2) is 220 Å². The largest absolute Gasteiger partial charge is 0.501 e. The lowest BCUT2D eigenvalue weighted by atomic mass is 9.34. The Morgan fingerprint density at radius 3 is 0.872 bits per heavy atom. The van der Waals surface area contributed by atoms with Gasteiger partial charge in [0.15, 0.2) is 0 Å². The molecule has 8 aliphatic rings. The predicted octanol–water partition coefficient (Wildman–Crippen LogP) is 11.6. The molecule has 3 aromatic carbocycles. The first-order valence-electron chi connectivity index (χ1n) is 39.0. The average Bonchev–Trinajstić information content (AvgIpc) is 0.691. The standard InChI is InChI=1S/C55H54N2O12.C34H36N2O12/c56-35-54-30-52(21-16-40(58)45-47(42(60)18-23-64-45)67-26-37-10-4-1-5-11-37)29-53(31-54,22-17-41(59)46-48(43(61)19-24-65-46)68-27-38-12-6-2-7-13-38)33-55(32-52,34-54)36-57-51(63)50-49(44(62)20-25-66-50)69-28-39-14-8-3-9-15-39;35-17-33-12-31(6-1-22(40)27-24(42)19(37)3-8-46-27)11-32(13-33,7-2-23(41)28-25(43)20(38)4-9-47-28)15-34(14-31,16-33)18-36-30(45)29-26(44)21(39)5-10-48-29/h1-15,18-20,23-25H,16-17,21-22,26-36,56H2,(H,57,63);3-5,8-10,42-44H,1-2,6-7,11-18,35H2,(H,36,45)/t52-,53+,54?,55?;31-,32+,33?,34?. The number of Topliss-reactive ketones (excluding diaryl/α,β-unsaturated/α-hetero) is 4. The van der Waals surface area contributed by atoms with Crippen LogP contribution < -0.4 is 68.9 Å². The normalized spacial score (nSPS) is 24.2. The van der Waals surface area contributed by atoms with Gasteiger partial charge in [0, 0.05) is 75.2 Å². The van der Waals surface area contributed by atoms with E-state index in [-0.39, 0.29) is 105 Å². The molecule has 6 aromatic heterocycles. The summed E-state index contributed by atoms with van der Waals surface area (Å²) >= 11 is 0. The van der Waals surface area contributed by atoms with Gasteiger partial charge in [-0.25, -0.2) is 0 Å². The second kappa shape index (κ2) is 33.1. The molecule has 8 bridgehead atoms. The highest BCUT2D eigenvalue weighted by molar-refractivity contribution is 5.98. The van der Waals surface area contributed by atoms with Gasteiger partial charge in [0.05, 0.1) is 37.6 Å². The van der Waals surface area contributed by atoms with Crippen molar-refractivity contribution in [3.8, 4) is 34.5 Å². The van der Waals surface area contributed by atoms with Crippen LogP contribution in [0, 0.1) is 43.3 Å². The summed E-state index contributed by atoms with van der Waals surface area (Å²) in [6.45, 7) is 1.11. The smallest absolute Gasteiger partial charge is 0.291 e. The van der Waals surface area contributed by atoms with Gasteiger partial charge in [0.2, 0.25) is 125 Å². The van der Waals surface area contributed by atoms with Crippen LogP contribution >= 0.6 is 0 Å². The van der Waals surface area contributed by atoms with E-state index >= 15 is 0 Å². The summed E-state index contributed by atoms with van der Waals surface area (Å²) in [5.41, 5.74) is 8.11. The van der Waals surface area contributed by atoms with Gasteiger partial charge >= 0.3 is 0 Å². The molecule has 0 spiro atoms. The summed E-state index contributed by atoms with van der Waals surface area (Å²) in [5, 5.41) is 36.5. The number of ether oxygens (including phenoxy) is 3. The summed E-state index contributed by atoms with van der Waals surface area (Å²) in [7, 11) is 0. The monoisotopic (exact) mass is 1600 g/mol. The van der Waals surface area contributed by atoms with Crippen LogP contribution in [0.25, 0.3) is 0 Å². The van der Waals surface area contributed by atoms with Crippen molar-refractivity contribution < 1.29 is 84.8 Å². The highest BCUT2D eigenvalue weighted by Crippen LogP contribution is 2.77. The fourth-order valence-electron chi connectivity index (χ4n) is 21.7. The molecule has 8 aliphatic carbocycles. The van der Waals surface area contributed by atoms with E-state index in [1.54, 1.807) is 0 Å². The number of hydrogen-bond acceptors (Lipinski definition) is 26. The molecule has 610 valence electrons. The number of carbonyl (C=O) groups is 6. The third kappa shape index (κ3) is 17.3. The zero-order valence-corrected chi connectivity index (χ0v) is 64.2. The Morgan fingerprint density at radius 1 is 0.308 bits per heavy atom. The van der Waals surface area contributed by atoms with Gasteiger partial charge in [0.1, 0.15) is 19.8 Å². The van der Waals surface area contributed by atoms with E-state index in [1.165, 1.54) is 37.0 Å². The average molecular weight is 1600 g/mol. The molecule has 8 fully saturated rings. The lowest BCUT2D eigenvalue weighted by molar-refractivity contribution is -0.200. The first-order valence-corrected chi connectivity index (χ1v) is 39.0. The first kappa shape index (κ1) is 81.3. The summed E-state index contributed by atoms with van der Waals surface area (Å²) < 4.78 is 50.4. The molecule has 17 rings (SSSR count). The van der Waals surface area contributed by atoms with Gasteiger partial charge in [0.25, 0.3) is 11.8 Å². The molecule has 9 N–H and O–H groups in total. The Bertz CT molecular complexity index is 5090. The van der Waals surface area contributed by atoms with E-state index in [4.69, 9.17) is 52.2 Å². The zero-order chi connectivity index (χ0) is 82.6. The van der Waals surface area contributed by atoms with Crippen molar-refractivity contribution in [2.75, 3.05) is 26.2 Å². The minimum Gasteiger partial charge on any atom is -0.501 e. The number of nitrogens with two attached hydrogens (primary N) is 2. The fourth-order valence-corrected chi connectivity index (χ4v) is 21.7. The Hall–Kier alpha value is -12.3. The van der Waals surface area contributed by atoms with Crippen molar-refractivity contribution in [2.45, 2.75) is 148 Å². The highest BCUT2D eigenvalue weighted by atomic mass is 16.5. The van der Waals surface area contributed by atoms with Crippen molar-refractivity contribution in [1.29, 1.82) is 0 Å². The van der Waals surface area contributed by atoms with Crippen LogP contribution in [0.2, 0.25) is 0 Å². The second-order valence-corrected chi connectivity index (χ2v) is 33.6. The van der Waals surface area contributed by atoms with Crippen molar-refractivity contribution in [3.05, 3.63) is 278 Å². The Kier molecular flexibility index (Phi) is 23.0. The number of carbonyl (C=O) groups excluding carboxylic acids is 6. The number of aromatic hydroxyl groups is 3. The number of ketones is 4. The molecule has 6 heterocycles. The number of benzene rings is 3. The summed E-state index contributed by atoms with van der Waals surface area (Å²) in [6, 6.07) is 34.5. The lowest BCUT2D eigenvalue weighted by Gasteiger charge is -2.71. The molecule has 2 amide bonds. The molecule has 8 saturated carbocycles. The molecule has 8 atom stereocenters. The maximum Gasteiger partial charge on any atom is 0.291 e. The van der Waals surface area contributed by atoms with Crippen LogP contribution in [0.1, 0.15) is 208 Å². The van der Waals surface area contributed by atoms with Crippen LogP contribution in [0.4, 0.5) is 0 Å². The van der Waals surface area contributed by atoms with E-state index in [0.717, 1.165) is 53.7 Å². The minimum absolute atomic E-state index is 0.0291. The number of amides is 2. The molecule has 4 unspecified atom stereocenters. The molecule has 9 aromatic rings. The molecule has 0 radical (unpaired) electrons. The third-order valence-corrected chi connectivity index (χ3v) is 24.8. The number of hydrogen-bond donors (Lipinski definition) is 7. The van der Waals surface area contributed by atoms with Crippen molar-refractivity contribution in [3.63, 3.8) is 0 Å². The molecule has 0 aliphatic heterocycles. The van der Waals surface area contributed by atoms with E-state index in [1.807, 2.05) is 91.0 Å². The first-order chi connectivity index (χ1) is 56.1. The fraction of sp³-hybridized carbons (Fsp3) is 0.393. The Balaban J connectivity index is 0.000000206. The van der Waals surface area contributed by atoms with Crippen LogP contribution in [-0.4, -0.2) is 76.4 Å². The van der Waals surface area contributed by atoms with Crippen LogP contribution in [0.5, 0.6) is 34.5 Å². The molecule has 117 heavy (non-hydrogen) atoms. The van der Waals surface area contributed by atoms with Crippen molar-refractivity contribution in [2.24, 2.45) is 54.8 Å². The SMILES string of the molecule is NCC12CC3(CNC(=O)c4occc(=O)c4O)C[C@](CCC(=O)c4occc(=O)c4O)(C1)C[C@](CCC(=O)c1occc(=O)c1O)(C2)C3.NCC12CC3(CNC(=O)c4occc(=O)c4OCc4ccccc4)C[C@](CCC(=O)c4occc(=O)c4OCc4ccccc4)(C1)C[C@](CCC(=O)c1occc(=O)c1OCc1ccccc1)(C2)C3. The molecule has 0 saturated heterocycles. The van der Waals surface area contributed by atoms with Gasteiger partial charge in [-0.15, -0.1) is 0 Å². The van der Waals surface area contributed by atoms with E-state index in [2.05, 4.69) is 10.6 Å². The number of nitrogens with one attached hydrogen (secondary N) is 2. The zero-order valence-electron chi connectivity index (χ0n) is 64.2. The quantitative estimate of drug-likeness (QED) is 0.0188. The highest BCUT2D eigenvalue weighted by Gasteiger charge is 2.69. The van der Waals surface area contributed by atoms with Gasteiger partial charge in [-0.3, -0.25) is 57.5 Å². The topological polar surface area (TPSA) is 448 Å². The maximum absolute atomic E-state index is 14.2. The minimum atomic E-state index is -0.810. The molecular formula is C89H90N4O24. The van der Waals surface area contributed by atoms with Crippen molar-refractivity contribution >= 4 is 34.9 Å². The summed E-state index contributed by atoms with van der Waals surface area (Å²) in [6.07, 6.45) is 15.9. The van der Waals surface area contributed by atoms with Gasteiger partial charge < -0.3 is 78.1 Å². The Morgan fingerprint density at radius 2 is 0.547 bits per heavy atom.